The summed E-state index contributed by atoms with van der Waals surface area (Å²) in [7, 11) is 0. The predicted molar refractivity (Wildman–Crippen MR) is 93.4 cm³/mol. The van der Waals surface area contributed by atoms with Crippen LogP contribution in [0.1, 0.15) is 42.0 Å². The van der Waals surface area contributed by atoms with Crippen molar-refractivity contribution in [3.63, 3.8) is 0 Å². The highest BCUT2D eigenvalue weighted by molar-refractivity contribution is 9.10. The number of aromatic nitrogens is 2. The molecule has 0 unspecified atom stereocenters. The smallest absolute Gasteiger partial charge is 0.254 e. The van der Waals surface area contributed by atoms with Crippen LogP contribution in [0.2, 0.25) is 0 Å². The SMILES string of the molecule is Cc1nc(C)c(CCC(=O)N[C@@H](C)c2ccccc2Br)c(=O)[nH]1. The number of amides is 1. The van der Waals surface area contributed by atoms with Crippen LogP contribution in [0.4, 0.5) is 0 Å². The Bertz CT molecular complexity index is 771. The molecule has 0 radical (unpaired) electrons. The van der Waals surface area contributed by atoms with Gasteiger partial charge in [0.15, 0.2) is 0 Å². The van der Waals surface area contributed by atoms with Crippen molar-refractivity contribution in [2.75, 3.05) is 0 Å². The molecule has 0 fully saturated rings. The van der Waals surface area contributed by atoms with Gasteiger partial charge in [0.2, 0.25) is 5.91 Å². The van der Waals surface area contributed by atoms with Gasteiger partial charge < -0.3 is 10.3 Å². The van der Waals surface area contributed by atoms with Gasteiger partial charge in [0, 0.05) is 22.2 Å². The van der Waals surface area contributed by atoms with Gasteiger partial charge in [0.25, 0.3) is 5.56 Å². The fraction of sp³-hybridized carbons (Fsp3) is 0.353. The van der Waals surface area contributed by atoms with E-state index in [0.717, 1.165) is 10.0 Å². The Morgan fingerprint density at radius 2 is 2.04 bits per heavy atom. The zero-order chi connectivity index (χ0) is 17.0. The Labute approximate surface area is 143 Å². The molecule has 0 aliphatic carbocycles. The molecule has 5 nitrogen and oxygen atoms in total. The molecule has 23 heavy (non-hydrogen) atoms. The van der Waals surface area contributed by atoms with E-state index in [1.54, 1.807) is 13.8 Å². The minimum atomic E-state index is -0.165. The fourth-order valence-corrected chi connectivity index (χ4v) is 3.13. The lowest BCUT2D eigenvalue weighted by atomic mass is 10.1. The van der Waals surface area contributed by atoms with Crippen LogP contribution in [0.25, 0.3) is 0 Å². The van der Waals surface area contributed by atoms with Crippen LogP contribution in [-0.2, 0) is 11.2 Å². The molecule has 0 saturated carbocycles. The lowest BCUT2D eigenvalue weighted by molar-refractivity contribution is -0.121. The van der Waals surface area contributed by atoms with Gasteiger partial charge >= 0.3 is 0 Å². The first-order valence-corrected chi connectivity index (χ1v) is 8.28. The van der Waals surface area contributed by atoms with E-state index in [4.69, 9.17) is 0 Å². The van der Waals surface area contributed by atoms with Crippen molar-refractivity contribution in [3.8, 4) is 0 Å². The van der Waals surface area contributed by atoms with Crippen LogP contribution < -0.4 is 10.9 Å². The largest absolute Gasteiger partial charge is 0.350 e. The maximum Gasteiger partial charge on any atom is 0.254 e. The summed E-state index contributed by atoms with van der Waals surface area (Å²) in [6.45, 7) is 5.47. The van der Waals surface area contributed by atoms with Crippen molar-refractivity contribution < 1.29 is 4.79 Å². The average molecular weight is 378 g/mol. The number of aryl methyl sites for hydroxylation is 2. The molecular weight excluding hydrogens is 358 g/mol. The average Bonchev–Trinajstić information content (AvgIpc) is 2.46. The number of nitrogens with zero attached hydrogens (tertiary/aromatic N) is 1. The van der Waals surface area contributed by atoms with Gasteiger partial charge in [-0.1, -0.05) is 34.1 Å². The number of benzene rings is 1. The van der Waals surface area contributed by atoms with E-state index in [2.05, 4.69) is 31.2 Å². The van der Waals surface area contributed by atoms with E-state index in [0.29, 0.717) is 23.5 Å². The third-order valence-corrected chi connectivity index (χ3v) is 4.41. The molecule has 0 aliphatic heterocycles. The van der Waals surface area contributed by atoms with E-state index in [-0.39, 0.29) is 23.9 Å². The minimum Gasteiger partial charge on any atom is -0.350 e. The number of aromatic amines is 1. The molecule has 1 heterocycles. The molecule has 2 rings (SSSR count). The van der Waals surface area contributed by atoms with E-state index in [1.165, 1.54) is 0 Å². The van der Waals surface area contributed by atoms with Gasteiger partial charge in [-0.2, -0.15) is 0 Å². The van der Waals surface area contributed by atoms with Crippen molar-refractivity contribution in [2.45, 2.75) is 39.7 Å². The maximum absolute atomic E-state index is 12.1. The van der Waals surface area contributed by atoms with E-state index < -0.39 is 0 Å². The molecule has 2 aromatic rings. The quantitative estimate of drug-likeness (QED) is 0.840. The molecule has 2 N–H and O–H groups in total. The zero-order valence-corrected chi connectivity index (χ0v) is 15.0. The highest BCUT2D eigenvalue weighted by Gasteiger charge is 2.14. The van der Waals surface area contributed by atoms with Crippen LogP contribution in [0.3, 0.4) is 0 Å². The predicted octanol–water partition coefficient (Wildman–Crippen LogP) is 2.96. The first kappa shape index (κ1) is 17.4. The van der Waals surface area contributed by atoms with Crippen LogP contribution >= 0.6 is 15.9 Å². The van der Waals surface area contributed by atoms with E-state index in [9.17, 15) is 9.59 Å². The first-order valence-electron chi connectivity index (χ1n) is 7.48. The molecule has 1 aromatic carbocycles. The van der Waals surface area contributed by atoms with Crippen LogP contribution in [0, 0.1) is 13.8 Å². The second kappa shape index (κ2) is 7.55. The minimum absolute atomic E-state index is 0.0902. The molecule has 1 amide bonds. The number of nitrogens with one attached hydrogen (secondary N) is 2. The number of hydrogen-bond acceptors (Lipinski definition) is 3. The van der Waals surface area contributed by atoms with E-state index in [1.807, 2.05) is 31.2 Å². The summed E-state index contributed by atoms with van der Waals surface area (Å²) in [5.41, 5.74) is 2.10. The summed E-state index contributed by atoms with van der Waals surface area (Å²) in [6.07, 6.45) is 0.631. The second-order valence-corrected chi connectivity index (χ2v) is 6.38. The van der Waals surface area contributed by atoms with Crippen molar-refractivity contribution in [1.29, 1.82) is 0 Å². The second-order valence-electron chi connectivity index (χ2n) is 5.53. The third-order valence-electron chi connectivity index (χ3n) is 3.69. The summed E-state index contributed by atoms with van der Waals surface area (Å²) >= 11 is 3.48. The van der Waals surface area contributed by atoms with Crippen LogP contribution in [-0.4, -0.2) is 15.9 Å². The van der Waals surface area contributed by atoms with E-state index >= 15 is 0 Å². The molecule has 0 saturated heterocycles. The topological polar surface area (TPSA) is 74.8 Å². The summed E-state index contributed by atoms with van der Waals surface area (Å²) in [4.78, 5) is 31.0. The Morgan fingerprint density at radius 1 is 1.35 bits per heavy atom. The molecule has 6 heteroatoms. The number of carbonyl (C=O) groups is 1. The lowest BCUT2D eigenvalue weighted by Crippen LogP contribution is -2.28. The lowest BCUT2D eigenvalue weighted by Gasteiger charge is -2.16. The maximum atomic E-state index is 12.1. The van der Waals surface area contributed by atoms with Gasteiger partial charge in [-0.05, 0) is 38.8 Å². The van der Waals surface area contributed by atoms with Gasteiger partial charge in [0.05, 0.1) is 6.04 Å². The third kappa shape index (κ3) is 4.51. The fourth-order valence-electron chi connectivity index (χ4n) is 2.50. The number of carbonyl (C=O) groups excluding carboxylic acids is 1. The molecule has 0 aliphatic rings. The van der Waals surface area contributed by atoms with Crippen molar-refractivity contribution >= 4 is 21.8 Å². The molecular formula is C17H20BrN3O2. The highest BCUT2D eigenvalue weighted by Crippen LogP contribution is 2.22. The molecule has 1 atom stereocenters. The summed E-state index contributed by atoms with van der Waals surface area (Å²) in [6, 6.07) is 7.67. The normalized spacial score (nSPS) is 12.0. The molecule has 1 aromatic heterocycles. The van der Waals surface area contributed by atoms with Gasteiger partial charge in [-0.3, -0.25) is 9.59 Å². The molecule has 122 valence electrons. The summed E-state index contributed by atoms with van der Waals surface area (Å²) < 4.78 is 0.961. The van der Waals surface area contributed by atoms with Crippen LogP contribution in [0.15, 0.2) is 33.5 Å². The molecule has 0 spiro atoms. The number of H-pyrrole nitrogens is 1. The van der Waals surface area contributed by atoms with Gasteiger partial charge in [0.1, 0.15) is 5.82 Å². The number of rotatable bonds is 5. The monoisotopic (exact) mass is 377 g/mol. The Morgan fingerprint density at radius 3 is 2.70 bits per heavy atom. The van der Waals surface area contributed by atoms with Crippen molar-refractivity contribution in [2.24, 2.45) is 0 Å². The number of hydrogen-bond donors (Lipinski definition) is 2. The van der Waals surface area contributed by atoms with Gasteiger partial charge in [-0.25, -0.2) is 4.98 Å². The Balaban J connectivity index is 1.99. The van der Waals surface area contributed by atoms with Crippen molar-refractivity contribution in [1.82, 2.24) is 15.3 Å². The zero-order valence-electron chi connectivity index (χ0n) is 13.4. The summed E-state index contributed by atoms with van der Waals surface area (Å²) in [5, 5.41) is 2.96. The standard InChI is InChI=1S/C17H20BrN3O2/c1-10(13-6-4-5-7-15(13)18)20-16(22)9-8-14-11(2)19-12(3)21-17(14)23/h4-7,10H,8-9H2,1-3H3,(H,20,22)(H,19,21,23)/t10-/m0/s1. The Kier molecular flexibility index (Phi) is 5.71. The van der Waals surface area contributed by atoms with Gasteiger partial charge in [-0.15, -0.1) is 0 Å². The van der Waals surface area contributed by atoms with Crippen LogP contribution in [0.5, 0.6) is 0 Å². The first-order chi connectivity index (χ1) is 10.9. The Hall–Kier alpha value is -1.95. The number of halogens is 1. The summed E-state index contributed by atoms with van der Waals surface area (Å²) in [5.74, 6) is 0.496. The highest BCUT2D eigenvalue weighted by atomic mass is 79.9. The van der Waals surface area contributed by atoms with Crippen molar-refractivity contribution in [3.05, 3.63) is 61.7 Å². The molecule has 0 bridgehead atoms.